The molecule has 2 heterocycles. The number of phenolic OH excluding ortho intramolecular Hbond substituents is 1. The number of para-hydroxylation sites is 2. The van der Waals surface area contributed by atoms with Crippen LogP contribution >= 0.6 is 0 Å². The van der Waals surface area contributed by atoms with Crippen molar-refractivity contribution in [2.45, 2.75) is 26.0 Å². The topological polar surface area (TPSA) is 79.6 Å². The first-order chi connectivity index (χ1) is 15.1. The smallest absolute Gasteiger partial charge is 0.227 e. The van der Waals surface area contributed by atoms with E-state index < -0.39 is 0 Å². The number of carbonyl (C=O) groups is 1. The molecule has 2 aromatic carbocycles. The van der Waals surface area contributed by atoms with Gasteiger partial charge < -0.3 is 19.7 Å². The van der Waals surface area contributed by atoms with Crippen LogP contribution in [0.25, 0.3) is 0 Å². The average Bonchev–Trinajstić information content (AvgIpc) is 3.20. The van der Waals surface area contributed by atoms with Gasteiger partial charge in [0.15, 0.2) is 0 Å². The minimum absolute atomic E-state index is 0.0182. The molecule has 1 saturated heterocycles. The van der Waals surface area contributed by atoms with Crippen molar-refractivity contribution in [3.63, 3.8) is 0 Å². The molecule has 0 atom stereocenters. The highest BCUT2D eigenvalue weighted by atomic mass is 16.5. The summed E-state index contributed by atoms with van der Waals surface area (Å²) in [7, 11) is 1.95. The zero-order valence-electron chi connectivity index (χ0n) is 17.7. The molecule has 162 valence electrons. The van der Waals surface area contributed by atoms with Gasteiger partial charge in [-0.2, -0.15) is 0 Å². The Labute approximate surface area is 182 Å². The predicted octanol–water partition coefficient (Wildman–Crippen LogP) is 3.56. The largest absolute Gasteiger partial charge is 0.506 e. The maximum Gasteiger partial charge on any atom is 0.227 e. The molecule has 7 heteroatoms. The van der Waals surface area contributed by atoms with Crippen LogP contribution in [0.1, 0.15) is 24.2 Å². The van der Waals surface area contributed by atoms with Gasteiger partial charge >= 0.3 is 0 Å². The first-order valence-corrected chi connectivity index (χ1v) is 10.6. The fraction of sp³-hybridized carbons (Fsp3) is 0.333. The Hall–Kier alpha value is -3.32. The van der Waals surface area contributed by atoms with Crippen LogP contribution in [-0.2, 0) is 25.0 Å². The molecule has 1 fully saturated rings. The number of amides is 1. The highest BCUT2D eigenvalue weighted by Crippen LogP contribution is 2.25. The summed E-state index contributed by atoms with van der Waals surface area (Å²) in [4.78, 5) is 19.2. The average molecular weight is 421 g/mol. The molecule has 1 aliphatic heterocycles. The minimum atomic E-state index is -0.0299. The zero-order chi connectivity index (χ0) is 21.6. The van der Waals surface area contributed by atoms with E-state index in [2.05, 4.69) is 27.3 Å². The summed E-state index contributed by atoms with van der Waals surface area (Å²) >= 11 is 0. The van der Waals surface area contributed by atoms with Gasteiger partial charge in [0.1, 0.15) is 23.9 Å². The van der Waals surface area contributed by atoms with Crippen molar-refractivity contribution in [1.29, 1.82) is 0 Å². The highest BCUT2D eigenvalue weighted by Gasteiger charge is 2.25. The number of phenols is 1. The van der Waals surface area contributed by atoms with Gasteiger partial charge in [-0.25, -0.2) is 4.98 Å². The van der Waals surface area contributed by atoms with E-state index >= 15 is 0 Å². The molecular formula is C24H28N4O3. The van der Waals surface area contributed by atoms with E-state index in [1.54, 1.807) is 30.5 Å². The van der Waals surface area contributed by atoms with Crippen LogP contribution in [0.5, 0.6) is 11.5 Å². The SMILES string of the molecule is Cn1ccnc1COc1ccc(CN2CCC(C(=O)Nc3ccccc3O)CC2)cc1. The molecule has 1 aliphatic rings. The number of benzene rings is 2. The third kappa shape index (κ3) is 5.44. The van der Waals surface area contributed by atoms with Crippen molar-refractivity contribution in [3.05, 3.63) is 72.3 Å². The number of imidazole rings is 1. The summed E-state index contributed by atoms with van der Waals surface area (Å²) in [6.07, 6.45) is 5.29. The van der Waals surface area contributed by atoms with Crippen molar-refractivity contribution in [2.24, 2.45) is 13.0 Å². The van der Waals surface area contributed by atoms with Gasteiger partial charge in [-0.15, -0.1) is 0 Å². The normalized spacial score (nSPS) is 15.0. The van der Waals surface area contributed by atoms with Crippen LogP contribution in [0.3, 0.4) is 0 Å². The van der Waals surface area contributed by atoms with Gasteiger partial charge in [0.05, 0.1) is 5.69 Å². The van der Waals surface area contributed by atoms with Gasteiger partial charge in [-0.3, -0.25) is 9.69 Å². The zero-order valence-corrected chi connectivity index (χ0v) is 17.7. The van der Waals surface area contributed by atoms with Crippen LogP contribution in [0.15, 0.2) is 60.9 Å². The van der Waals surface area contributed by atoms with Crippen LogP contribution in [0.2, 0.25) is 0 Å². The quantitative estimate of drug-likeness (QED) is 0.572. The number of nitrogens with one attached hydrogen (secondary N) is 1. The Morgan fingerprint density at radius 1 is 1.16 bits per heavy atom. The summed E-state index contributed by atoms with van der Waals surface area (Å²) in [6, 6.07) is 15.0. The molecule has 2 N–H and O–H groups in total. The van der Waals surface area contributed by atoms with Crippen molar-refractivity contribution >= 4 is 11.6 Å². The second-order valence-corrected chi connectivity index (χ2v) is 7.94. The number of ether oxygens (including phenoxy) is 1. The predicted molar refractivity (Wildman–Crippen MR) is 119 cm³/mol. The number of nitrogens with zero attached hydrogens (tertiary/aromatic N) is 3. The van der Waals surface area contributed by atoms with Crippen LogP contribution in [0, 0.1) is 5.92 Å². The second-order valence-electron chi connectivity index (χ2n) is 7.94. The monoisotopic (exact) mass is 420 g/mol. The molecule has 0 aliphatic carbocycles. The number of piperidine rings is 1. The Balaban J connectivity index is 1.23. The van der Waals surface area contributed by atoms with Crippen LogP contribution in [0.4, 0.5) is 5.69 Å². The van der Waals surface area contributed by atoms with Crippen molar-refractivity contribution in [2.75, 3.05) is 18.4 Å². The van der Waals surface area contributed by atoms with Gasteiger partial charge in [0.2, 0.25) is 5.91 Å². The lowest BCUT2D eigenvalue weighted by molar-refractivity contribution is -0.121. The lowest BCUT2D eigenvalue weighted by Crippen LogP contribution is -2.37. The van der Waals surface area contributed by atoms with Crippen molar-refractivity contribution in [1.82, 2.24) is 14.5 Å². The van der Waals surface area contributed by atoms with E-state index in [1.807, 2.05) is 29.9 Å². The Morgan fingerprint density at radius 2 is 1.90 bits per heavy atom. The third-order valence-corrected chi connectivity index (χ3v) is 5.74. The number of hydrogen-bond acceptors (Lipinski definition) is 5. The number of aromatic nitrogens is 2. The number of aromatic hydroxyl groups is 1. The lowest BCUT2D eigenvalue weighted by atomic mass is 9.95. The highest BCUT2D eigenvalue weighted by molar-refractivity contribution is 5.93. The molecule has 1 amide bonds. The van der Waals surface area contributed by atoms with Gasteiger partial charge in [-0.05, 0) is 55.8 Å². The number of carbonyl (C=O) groups excluding carboxylic acids is 1. The summed E-state index contributed by atoms with van der Waals surface area (Å²) in [5, 5.41) is 12.7. The maximum atomic E-state index is 12.5. The van der Waals surface area contributed by atoms with E-state index in [9.17, 15) is 9.90 Å². The second kappa shape index (κ2) is 9.66. The first-order valence-electron chi connectivity index (χ1n) is 10.6. The Kier molecular flexibility index (Phi) is 6.52. The van der Waals surface area contributed by atoms with Crippen molar-refractivity contribution < 1.29 is 14.6 Å². The first kappa shape index (κ1) is 20.9. The lowest BCUT2D eigenvalue weighted by Gasteiger charge is -2.31. The minimum Gasteiger partial charge on any atom is -0.506 e. The maximum absolute atomic E-state index is 12.5. The number of hydrogen-bond donors (Lipinski definition) is 2. The summed E-state index contributed by atoms with van der Waals surface area (Å²) in [5.74, 6) is 1.76. The van der Waals surface area contributed by atoms with E-state index in [0.717, 1.165) is 44.0 Å². The molecule has 0 bridgehead atoms. The third-order valence-electron chi connectivity index (χ3n) is 5.74. The molecular weight excluding hydrogens is 392 g/mol. The number of anilines is 1. The number of likely N-dealkylation sites (tertiary alicyclic amines) is 1. The molecule has 0 unspecified atom stereocenters. The summed E-state index contributed by atoms with van der Waals surface area (Å²) in [6.45, 7) is 3.04. The van der Waals surface area contributed by atoms with Crippen LogP contribution < -0.4 is 10.1 Å². The number of rotatable bonds is 7. The van der Waals surface area contributed by atoms with E-state index in [0.29, 0.717) is 12.3 Å². The summed E-state index contributed by atoms with van der Waals surface area (Å²) in [5.41, 5.74) is 1.70. The molecule has 7 nitrogen and oxygen atoms in total. The number of aryl methyl sites for hydroxylation is 1. The van der Waals surface area contributed by atoms with Gasteiger partial charge in [0.25, 0.3) is 0 Å². The molecule has 4 rings (SSSR count). The molecule has 31 heavy (non-hydrogen) atoms. The molecule has 0 saturated carbocycles. The summed E-state index contributed by atoms with van der Waals surface area (Å²) < 4.78 is 7.76. The van der Waals surface area contributed by atoms with Crippen molar-refractivity contribution in [3.8, 4) is 11.5 Å². The van der Waals surface area contributed by atoms with E-state index in [-0.39, 0.29) is 17.6 Å². The molecule has 0 spiro atoms. The molecule has 3 aromatic rings. The Bertz CT molecular complexity index is 1010. The van der Waals surface area contributed by atoms with E-state index in [1.165, 1.54) is 5.56 Å². The van der Waals surface area contributed by atoms with Gasteiger partial charge in [-0.1, -0.05) is 24.3 Å². The standard InChI is InChI=1S/C24H28N4O3/c1-27-15-12-25-23(27)17-31-20-8-6-18(7-9-20)16-28-13-10-19(11-14-28)24(30)26-21-4-2-3-5-22(21)29/h2-9,12,15,19,29H,10-11,13-14,16-17H2,1H3,(H,26,30). The fourth-order valence-electron chi connectivity index (χ4n) is 3.80. The Morgan fingerprint density at radius 3 is 2.58 bits per heavy atom. The molecule has 1 aromatic heterocycles. The van der Waals surface area contributed by atoms with Gasteiger partial charge in [0, 0.05) is 31.9 Å². The van der Waals surface area contributed by atoms with Crippen LogP contribution in [-0.4, -0.2) is 38.6 Å². The fourth-order valence-corrected chi connectivity index (χ4v) is 3.80. The van der Waals surface area contributed by atoms with E-state index in [4.69, 9.17) is 4.74 Å². The molecule has 0 radical (unpaired) electrons.